The molecule has 1 amide bonds. The van der Waals surface area contributed by atoms with Gasteiger partial charge in [0.15, 0.2) is 0 Å². The van der Waals surface area contributed by atoms with Crippen LogP contribution in [0.3, 0.4) is 0 Å². The first-order valence-corrected chi connectivity index (χ1v) is 8.98. The highest BCUT2D eigenvalue weighted by atomic mass is 16.5. The van der Waals surface area contributed by atoms with Crippen molar-refractivity contribution < 1.29 is 14.6 Å². The summed E-state index contributed by atoms with van der Waals surface area (Å²) >= 11 is 0. The fourth-order valence-electron chi connectivity index (χ4n) is 3.09. The van der Waals surface area contributed by atoms with Crippen molar-refractivity contribution in [3.05, 3.63) is 29.8 Å². The Morgan fingerprint density at radius 3 is 2.33 bits per heavy atom. The summed E-state index contributed by atoms with van der Waals surface area (Å²) in [4.78, 5) is 16.9. The first-order chi connectivity index (χ1) is 11.5. The van der Waals surface area contributed by atoms with Gasteiger partial charge in [0.05, 0.1) is 17.8 Å². The van der Waals surface area contributed by atoms with E-state index in [1.807, 2.05) is 49.9 Å². The second kappa shape index (κ2) is 8.49. The van der Waals surface area contributed by atoms with Crippen molar-refractivity contribution in [3.63, 3.8) is 0 Å². The van der Waals surface area contributed by atoms with Crippen molar-refractivity contribution in [2.75, 3.05) is 39.3 Å². The second-order valence-electron chi connectivity index (χ2n) is 6.43. The van der Waals surface area contributed by atoms with E-state index < -0.39 is 5.60 Å². The third-order valence-electron chi connectivity index (χ3n) is 4.91. The quantitative estimate of drug-likeness (QED) is 0.832. The lowest BCUT2D eigenvalue weighted by atomic mass is 9.96. The topological polar surface area (TPSA) is 53.0 Å². The van der Waals surface area contributed by atoms with Crippen LogP contribution in [0.25, 0.3) is 0 Å². The van der Waals surface area contributed by atoms with Gasteiger partial charge in [0, 0.05) is 32.7 Å². The molecule has 1 aliphatic heterocycles. The smallest absolute Gasteiger partial charge is 0.257 e. The Balaban J connectivity index is 1.96. The van der Waals surface area contributed by atoms with Crippen molar-refractivity contribution >= 4 is 5.91 Å². The number of para-hydroxylation sites is 1. The molecule has 5 nitrogen and oxygen atoms in total. The number of β-amino-alcohol motifs (C(OH)–C–C–N with tert-alkyl or cyclic N) is 1. The predicted molar refractivity (Wildman–Crippen MR) is 95.5 cm³/mol. The average molecular weight is 334 g/mol. The SMILES string of the molecule is CCOc1ccccc1C(=O)N1CCN(CC(O)(CC)CC)CC1. The summed E-state index contributed by atoms with van der Waals surface area (Å²) in [5.74, 6) is 0.679. The van der Waals surface area contributed by atoms with Gasteiger partial charge in [-0.25, -0.2) is 0 Å². The molecule has 0 aliphatic carbocycles. The van der Waals surface area contributed by atoms with Gasteiger partial charge in [-0.1, -0.05) is 26.0 Å². The first-order valence-electron chi connectivity index (χ1n) is 8.98. The summed E-state index contributed by atoms with van der Waals surface area (Å²) in [6.45, 7) is 10.1. The molecular formula is C19H30N2O3. The molecule has 0 bridgehead atoms. The van der Waals surface area contributed by atoms with Crippen LogP contribution in [0.2, 0.25) is 0 Å². The number of hydrogen-bond acceptors (Lipinski definition) is 4. The van der Waals surface area contributed by atoms with Gasteiger partial charge in [0.1, 0.15) is 5.75 Å². The lowest BCUT2D eigenvalue weighted by Gasteiger charge is -2.39. The summed E-state index contributed by atoms with van der Waals surface area (Å²) in [7, 11) is 0. The highest BCUT2D eigenvalue weighted by Crippen LogP contribution is 2.22. The normalized spacial score (nSPS) is 16.2. The summed E-state index contributed by atoms with van der Waals surface area (Å²) < 4.78 is 5.57. The number of rotatable bonds is 7. The maximum atomic E-state index is 12.8. The van der Waals surface area contributed by atoms with Crippen LogP contribution in [-0.2, 0) is 0 Å². The number of piperazine rings is 1. The van der Waals surface area contributed by atoms with Crippen molar-refractivity contribution in [1.29, 1.82) is 0 Å². The molecule has 5 heteroatoms. The Morgan fingerprint density at radius 1 is 1.12 bits per heavy atom. The molecule has 0 saturated carbocycles. The van der Waals surface area contributed by atoms with Gasteiger partial charge in [0.2, 0.25) is 0 Å². The van der Waals surface area contributed by atoms with Gasteiger partial charge in [-0.15, -0.1) is 0 Å². The third kappa shape index (κ3) is 4.48. The zero-order valence-electron chi connectivity index (χ0n) is 15.1. The van der Waals surface area contributed by atoms with E-state index in [2.05, 4.69) is 4.90 Å². The number of nitrogens with zero attached hydrogens (tertiary/aromatic N) is 2. The molecule has 134 valence electrons. The minimum absolute atomic E-state index is 0.0277. The van der Waals surface area contributed by atoms with Crippen molar-refractivity contribution in [3.8, 4) is 5.75 Å². The number of carbonyl (C=O) groups is 1. The number of aliphatic hydroxyl groups is 1. The van der Waals surface area contributed by atoms with E-state index in [1.54, 1.807) is 0 Å². The fourth-order valence-corrected chi connectivity index (χ4v) is 3.09. The molecule has 0 radical (unpaired) electrons. The Kier molecular flexibility index (Phi) is 6.63. The van der Waals surface area contributed by atoms with E-state index in [0.29, 0.717) is 37.6 Å². The summed E-state index contributed by atoms with van der Waals surface area (Å²) in [6.07, 6.45) is 1.51. The molecule has 1 aromatic carbocycles. The molecule has 1 saturated heterocycles. The van der Waals surface area contributed by atoms with Crippen LogP contribution >= 0.6 is 0 Å². The maximum Gasteiger partial charge on any atom is 0.257 e. The van der Waals surface area contributed by atoms with Gasteiger partial charge in [-0.05, 0) is 31.9 Å². The van der Waals surface area contributed by atoms with Crippen LogP contribution in [0.5, 0.6) is 5.75 Å². The van der Waals surface area contributed by atoms with Crippen molar-refractivity contribution in [2.24, 2.45) is 0 Å². The van der Waals surface area contributed by atoms with E-state index in [1.165, 1.54) is 0 Å². The number of ether oxygens (including phenoxy) is 1. The molecular weight excluding hydrogens is 304 g/mol. The van der Waals surface area contributed by atoms with E-state index >= 15 is 0 Å². The van der Waals surface area contributed by atoms with Crippen LogP contribution in [0.4, 0.5) is 0 Å². The largest absolute Gasteiger partial charge is 0.493 e. The highest BCUT2D eigenvalue weighted by molar-refractivity contribution is 5.97. The van der Waals surface area contributed by atoms with E-state index in [0.717, 1.165) is 25.9 Å². The zero-order valence-corrected chi connectivity index (χ0v) is 15.1. The number of amides is 1. The molecule has 0 spiro atoms. The van der Waals surface area contributed by atoms with Crippen molar-refractivity contribution in [2.45, 2.75) is 39.2 Å². The Labute approximate surface area is 145 Å². The fraction of sp³-hybridized carbons (Fsp3) is 0.632. The van der Waals surface area contributed by atoms with Crippen LogP contribution in [0.15, 0.2) is 24.3 Å². The molecule has 24 heavy (non-hydrogen) atoms. The first kappa shape index (κ1) is 18.7. The van der Waals surface area contributed by atoms with E-state index in [-0.39, 0.29) is 5.91 Å². The monoisotopic (exact) mass is 334 g/mol. The number of carbonyl (C=O) groups excluding carboxylic acids is 1. The zero-order chi connectivity index (χ0) is 17.6. The highest BCUT2D eigenvalue weighted by Gasteiger charge is 2.29. The summed E-state index contributed by atoms with van der Waals surface area (Å²) in [5.41, 5.74) is 0.0136. The molecule has 0 aromatic heterocycles. The Bertz CT molecular complexity index is 535. The minimum atomic E-state index is -0.617. The van der Waals surface area contributed by atoms with Crippen LogP contribution in [0.1, 0.15) is 44.0 Å². The maximum absolute atomic E-state index is 12.8. The van der Waals surface area contributed by atoms with Crippen LogP contribution in [0, 0.1) is 0 Å². The van der Waals surface area contributed by atoms with Crippen LogP contribution < -0.4 is 4.74 Å². The second-order valence-corrected chi connectivity index (χ2v) is 6.43. The van der Waals surface area contributed by atoms with Crippen molar-refractivity contribution in [1.82, 2.24) is 9.80 Å². The lowest BCUT2D eigenvalue weighted by molar-refractivity contribution is -0.0139. The molecule has 1 aromatic rings. The molecule has 0 atom stereocenters. The molecule has 1 N–H and O–H groups in total. The minimum Gasteiger partial charge on any atom is -0.493 e. The molecule has 1 fully saturated rings. The van der Waals surface area contributed by atoms with E-state index in [4.69, 9.17) is 4.74 Å². The number of benzene rings is 1. The summed E-state index contributed by atoms with van der Waals surface area (Å²) in [6, 6.07) is 7.42. The average Bonchev–Trinajstić information content (AvgIpc) is 2.62. The predicted octanol–water partition coefficient (Wildman–Crippen LogP) is 2.39. The molecule has 1 heterocycles. The van der Waals surface area contributed by atoms with Gasteiger partial charge in [-0.2, -0.15) is 0 Å². The Hall–Kier alpha value is -1.59. The molecule has 0 unspecified atom stereocenters. The van der Waals surface area contributed by atoms with Gasteiger partial charge in [-0.3, -0.25) is 9.69 Å². The summed E-state index contributed by atoms with van der Waals surface area (Å²) in [5, 5.41) is 10.5. The molecule has 1 aliphatic rings. The van der Waals surface area contributed by atoms with E-state index in [9.17, 15) is 9.90 Å². The lowest BCUT2D eigenvalue weighted by Crippen LogP contribution is -2.53. The third-order valence-corrected chi connectivity index (χ3v) is 4.91. The standard InChI is InChI=1S/C19H30N2O3/c1-4-19(23,5-2)15-20-11-13-21(14-12-20)18(22)16-9-7-8-10-17(16)24-6-3/h7-10,23H,4-6,11-15H2,1-3H3. The number of hydrogen-bond donors (Lipinski definition) is 1. The molecule has 2 rings (SSSR count). The van der Waals surface area contributed by atoms with Gasteiger partial charge < -0.3 is 14.7 Å². The Morgan fingerprint density at radius 2 is 1.75 bits per heavy atom. The van der Waals surface area contributed by atoms with Gasteiger partial charge in [0.25, 0.3) is 5.91 Å². The van der Waals surface area contributed by atoms with Crippen LogP contribution in [-0.4, -0.2) is 65.7 Å². The van der Waals surface area contributed by atoms with Gasteiger partial charge >= 0.3 is 0 Å².